The Bertz CT molecular complexity index is 256. The first-order valence-electron chi connectivity index (χ1n) is 5.87. The fourth-order valence-corrected chi connectivity index (χ4v) is 2.19. The highest BCUT2D eigenvalue weighted by Crippen LogP contribution is 2.32. The van der Waals surface area contributed by atoms with Gasteiger partial charge in [0.1, 0.15) is 0 Å². The van der Waals surface area contributed by atoms with Gasteiger partial charge in [-0.15, -0.1) is 12.4 Å². The van der Waals surface area contributed by atoms with E-state index < -0.39 is 5.54 Å². The fraction of sp³-hybridized carbons (Fsp3) is 0.909. The Kier molecular flexibility index (Phi) is 4.59. The summed E-state index contributed by atoms with van der Waals surface area (Å²) in [5, 5.41) is 12.6. The molecule has 2 fully saturated rings. The monoisotopic (exact) mass is 248 g/mol. The van der Waals surface area contributed by atoms with Gasteiger partial charge in [-0.2, -0.15) is 0 Å². The molecule has 0 bridgehead atoms. The fourth-order valence-electron chi connectivity index (χ4n) is 2.19. The third kappa shape index (κ3) is 3.09. The molecule has 0 saturated heterocycles. The minimum absolute atomic E-state index is 0. The average molecular weight is 249 g/mol. The minimum Gasteiger partial charge on any atom is -0.393 e. The molecule has 0 aromatic heterocycles. The first-order valence-corrected chi connectivity index (χ1v) is 5.87. The van der Waals surface area contributed by atoms with Crippen LogP contribution >= 0.6 is 12.4 Å². The topological polar surface area (TPSA) is 75.4 Å². The third-order valence-electron chi connectivity index (χ3n) is 3.63. The number of amides is 1. The lowest BCUT2D eigenvalue weighted by molar-refractivity contribution is -0.123. The van der Waals surface area contributed by atoms with Crippen LogP contribution in [-0.4, -0.2) is 29.2 Å². The second-order valence-electron chi connectivity index (χ2n) is 4.98. The summed E-state index contributed by atoms with van der Waals surface area (Å²) in [6.07, 6.45) is 5.50. The van der Waals surface area contributed by atoms with Gasteiger partial charge in [0.05, 0.1) is 11.6 Å². The first kappa shape index (κ1) is 13.7. The number of carbonyl (C=O) groups is 1. The number of rotatable bonds is 3. The summed E-state index contributed by atoms with van der Waals surface area (Å²) in [6.45, 7) is 0.582. The molecular formula is C11H21ClN2O2. The smallest absolute Gasteiger partial charge is 0.240 e. The van der Waals surface area contributed by atoms with Crippen molar-refractivity contribution >= 4 is 18.3 Å². The number of nitrogens with two attached hydrogens (primary N) is 1. The summed E-state index contributed by atoms with van der Waals surface area (Å²) >= 11 is 0. The lowest BCUT2D eigenvalue weighted by Crippen LogP contribution is -2.46. The van der Waals surface area contributed by atoms with E-state index in [1.165, 1.54) is 0 Å². The van der Waals surface area contributed by atoms with Crippen LogP contribution in [0.5, 0.6) is 0 Å². The van der Waals surface area contributed by atoms with Crippen LogP contribution in [0.2, 0.25) is 0 Å². The minimum atomic E-state index is -0.584. The molecule has 16 heavy (non-hydrogen) atoms. The maximum Gasteiger partial charge on any atom is 0.240 e. The SMILES string of the molecule is Cl.NC1(C(=O)NCC2CCCCC2O)CC1. The molecule has 2 atom stereocenters. The largest absolute Gasteiger partial charge is 0.393 e. The van der Waals surface area contributed by atoms with Crippen molar-refractivity contribution < 1.29 is 9.90 Å². The predicted molar refractivity (Wildman–Crippen MR) is 64.4 cm³/mol. The van der Waals surface area contributed by atoms with Crippen LogP contribution in [-0.2, 0) is 4.79 Å². The highest BCUT2D eigenvalue weighted by molar-refractivity contribution is 5.88. The molecule has 0 radical (unpaired) electrons. The molecule has 4 N–H and O–H groups in total. The molecule has 0 aromatic rings. The summed E-state index contributed by atoms with van der Waals surface area (Å²) in [5.41, 5.74) is 5.18. The quantitative estimate of drug-likeness (QED) is 0.684. The molecule has 0 spiro atoms. The molecule has 5 heteroatoms. The Morgan fingerprint density at radius 1 is 1.38 bits per heavy atom. The summed E-state index contributed by atoms with van der Waals surface area (Å²) in [6, 6.07) is 0. The molecule has 2 aliphatic carbocycles. The van der Waals surface area contributed by atoms with Crippen LogP contribution < -0.4 is 11.1 Å². The number of halogens is 1. The van der Waals surface area contributed by atoms with Crippen LogP contribution in [0.3, 0.4) is 0 Å². The number of nitrogens with one attached hydrogen (secondary N) is 1. The van der Waals surface area contributed by atoms with E-state index in [2.05, 4.69) is 5.32 Å². The second kappa shape index (κ2) is 5.34. The number of aliphatic hydroxyl groups excluding tert-OH is 1. The first-order chi connectivity index (χ1) is 7.12. The van der Waals surface area contributed by atoms with Crippen LogP contribution in [0.4, 0.5) is 0 Å². The Labute approximate surface area is 102 Å². The van der Waals surface area contributed by atoms with Crippen molar-refractivity contribution in [3.63, 3.8) is 0 Å². The van der Waals surface area contributed by atoms with E-state index in [0.717, 1.165) is 38.5 Å². The molecule has 2 aliphatic rings. The van der Waals surface area contributed by atoms with E-state index in [4.69, 9.17) is 5.73 Å². The van der Waals surface area contributed by atoms with Crippen LogP contribution in [0.15, 0.2) is 0 Å². The zero-order valence-corrected chi connectivity index (χ0v) is 10.3. The van der Waals surface area contributed by atoms with Gasteiger partial charge in [0.2, 0.25) is 5.91 Å². The van der Waals surface area contributed by atoms with Crippen LogP contribution in [0.25, 0.3) is 0 Å². The van der Waals surface area contributed by atoms with Gasteiger partial charge in [0.25, 0.3) is 0 Å². The van der Waals surface area contributed by atoms with Gasteiger partial charge in [-0.05, 0) is 25.7 Å². The van der Waals surface area contributed by atoms with E-state index in [1.807, 2.05) is 0 Å². The van der Waals surface area contributed by atoms with Crippen molar-refractivity contribution in [3.05, 3.63) is 0 Å². The number of carbonyl (C=O) groups excluding carboxylic acids is 1. The Hall–Kier alpha value is -0.320. The maximum atomic E-state index is 11.6. The molecule has 1 amide bonds. The van der Waals surface area contributed by atoms with E-state index >= 15 is 0 Å². The number of hydrogen-bond acceptors (Lipinski definition) is 3. The van der Waals surface area contributed by atoms with E-state index in [-0.39, 0.29) is 30.3 Å². The third-order valence-corrected chi connectivity index (χ3v) is 3.63. The molecule has 0 aliphatic heterocycles. The molecule has 0 heterocycles. The van der Waals surface area contributed by atoms with Crippen molar-refractivity contribution in [2.75, 3.05) is 6.54 Å². The summed E-state index contributed by atoms with van der Waals surface area (Å²) in [4.78, 5) is 11.6. The summed E-state index contributed by atoms with van der Waals surface area (Å²) in [5.74, 6) is 0.185. The Morgan fingerprint density at radius 2 is 2.00 bits per heavy atom. The van der Waals surface area contributed by atoms with E-state index in [1.54, 1.807) is 0 Å². The molecule has 2 rings (SSSR count). The van der Waals surface area contributed by atoms with Crippen LogP contribution in [0, 0.1) is 5.92 Å². The molecule has 94 valence electrons. The Morgan fingerprint density at radius 3 is 2.56 bits per heavy atom. The van der Waals surface area contributed by atoms with Crippen molar-refractivity contribution in [2.45, 2.75) is 50.2 Å². The molecule has 0 aromatic carbocycles. The predicted octanol–water partition coefficient (Wildman–Crippen LogP) is 0.567. The summed E-state index contributed by atoms with van der Waals surface area (Å²) in [7, 11) is 0. The van der Waals surface area contributed by atoms with Gasteiger partial charge in [0.15, 0.2) is 0 Å². The number of hydrogen-bond donors (Lipinski definition) is 3. The zero-order valence-electron chi connectivity index (χ0n) is 9.45. The number of aliphatic hydroxyl groups is 1. The average Bonchev–Trinajstić information content (AvgIpc) is 2.96. The normalized spacial score (nSPS) is 31.4. The van der Waals surface area contributed by atoms with Crippen molar-refractivity contribution in [2.24, 2.45) is 11.7 Å². The van der Waals surface area contributed by atoms with E-state index in [0.29, 0.717) is 6.54 Å². The van der Waals surface area contributed by atoms with Gasteiger partial charge in [-0.3, -0.25) is 4.79 Å². The van der Waals surface area contributed by atoms with Crippen molar-refractivity contribution in [1.82, 2.24) is 5.32 Å². The molecule has 2 saturated carbocycles. The van der Waals surface area contributed by atoms with Gasteiger partial charge in [0, 0.05) is 12.5 Å². The lowest BCUT2D eigenvalue weighted by atomic mass is 9.86. The molecule has 4 nitrogen and oxygen atoms in total. The lowest BCUT2D eigenvalue weighted by Gasteiger charge is -2.28. The molecular weight excluding hydrogens is 228 g/mol. The van der Waals surface area contributed by atoms with Gasteiger partial charge in [-0.1, -0.05) is 12.8 Å². The second-order valence-corrected chi connectivity index (χ2v) is 4.98. The van der Waals surface area contributed by atoms with E-state index in [9.17, 15) is 9.90 Å². The maximum absolute atomic E-state index is 11.6. The van der Waals surface area contributed by atoms with Crippen molar-refractivity contribution in [1.29, 1.82) is 0 Å². The van der Waals surface area contributed by atoms with Gasteiger partial charge >= 0.3 is 0 Å². The highest BCUT2D eigenvalue weighted by atomic mass is 35.5. The van der Waals surface area contributed by atoms with Crippen LogP contribution in [0.1, 0.15) is 38.5 Å². The Balaban J connectivity index is 0.00000128. The van der Waals surface area contributed by atoms with Crippen molar-refractivity contribution in [3.8, 4) is 0 Å². The van der Waals surface area contributed by atoms with Gasteiger partial charge in [-0.25, -0.2) is 0 Å². The standard InChI is InChI=1S/C11H20N2O2.ClH/c12-11(5-6-11)10(15)13-7-8-3-1-2-4-9(8)14;/h8-9,14H,1-7,12H2,(H,13,15);1H. The summed E-state index contributed by atoms with van der Waals surface area (Å²) < 4.78 is 0. The van der Waals surface area contributed by atoms with Gasteiger partial charge < -0.3 is 16.2 Å². The zero-order chi connectivity index (χ0) is 10.9. The highest BCUT2D eigenvalue weighted by Gasteiger charge is 2.45. The molecule has 2 unspecified atom stereocenters.